The number of amides is 2. The molecule has 0 radical (unpaired) electrons. The van der Waals surface area contributed by atoms with Gasteiger partial charge in [0.1, 0.15) is 12.4 Å². The van der Waals surface area contributed by atoms with E-state index in [1.54, 1.807) is 4.90 Å². The minimum absolute atomic E-state index is 0.475. The predicted molar refractivity (Wildman–Crippen MR) is 108 cm³/mol. The maximum atomic E-state index is 12.2. The third-order valence-corrected chi connectivity index (χ3v) is 4.57. The first-order valence-electron chi connectivity index (χ1n) is 9.61. The Morgan fingerprint density at radius 2 is 1.75 bits per heavy atom. The van der Waals surface area contributed by atoms with Crippen LogP contribution in [0, 0.1) is 0 Å². The van der Waals surface area contributed by atoms with Crippen LogP contribution >= 0.6 is 0 Å². The van der Waals surface area contributed by atoms with Crippen molar-refractivity contribution in [1.82, 2.24) is 10.3 Å². The Balaban J connectivity index is 1.51. The Morgan fingerprint density at radius 1 is 1.00 bits per heavy atom. The van der Waals surface area contributed by atoms with E-state index < -0.39 is 11.8 Å². The molecule has 0 spiro atoms. The summed E-state index contributed by atoms with van der Waals surface area (Å²) in [5, 5.41) is 3.91. The highest BCUT2D eigenvalue weighted by Crippen LogP contribution is 2.14. The van der Waals surface area contributed by atoms with Crippen molar-refractivity contribution in [2.75, 3.05) is 13.1 Å². The first kappa shape index (κ1) is 19.6. The topological polar surface area (TPSA) is 71.0 Å². The fourth-order valence-electron chi connectivity index (χ4n) is 3.06. The highest BCUT2D eigenvalue weighted by molar-refractivity contribution is 6.35. The fourth-order valence-corrected chi connectivity index (χ4v) is 3.06. The molecule has 1 aliphatic rings. The summed E-state index contributed by atoms with van der Waals surface area (Å²) in [6.07, 6.45) is 5.59. The van der Waals surface area contributed by atoms with Crippen LogP contribution in [0.5, 0.6) is 5.75 Å². The van der Waals surface area contributed by atoms with E-state index in [0.29, 0.717) is 25.4 Å². The Bertz CT molecular complexity index is 813. The molecule has 2 aromatic carbocycles. The van der Waals surface area contributed by atoms with Gasteiger partial charge in [-0.1, -0.05) is 55.3 Å². The molecule has 28 heavy (non-hydrogen) atoms. The number of nitrogens with one attached hydrogen (secondary N) is 1. The first-order valence-corrected chi connectivity index (χ1v) is 9.61. The molecule has 2 aromatic rings. The summed E-state index contributed by atoms with van der Waals surface area (Å²) in [6, 6.07) is 17.3. The lowest BCUT2D eigenvalue weighted by Gasteiger charge is -2.18. The van der Waals surface area contributed by atoms with Gasteiger partial charge in [0.05, 0.1) is 6.21 Å². The van der Waals surface area contributed by atoms with Crippen LogP contribution in [-0.4, -0.2) is 36.0 Å². The van der Waals surface area contributed by atoms with Gasteiger partial charge >= 0.3 is 11.8 Å². The van der Waals surface area contributed by atoms with E-state index in [9.17, 15) is 9.59 Å². The maximum Gasteiger partial charge on any atom is 0.329 e. The molecule has 0 aliphatic carbocycles. The van der Waals surface area contributed by atoms with Gasteiger partial charge in [-0.3, -0.25) is 9.59 Å². The minimum atomic E-state index is -0.699. The first-order chi connectivity index (χ1) is 13.7. The van der Waals surface area contributed by atoms with Crippen LogP contribution in [0.1, 0.15) is 36.8 Å². The molecule has 0 aromatic heterocycles. The van der Waals surface area contributed by atoms with Crippen molar-refractivity contribution >= 4 is 18.0 Å². The Labute approximate surface area is 165 Å². The zero-order valence-corrected chi connectivity index (χ0v) is 15.8. The van der Waals surface area contributed by atoms with Gasteiger partial charge in [0.2, 0.25) is 0 Å². The molecule has 2 amide bonds. The molecule has 1 fully saturated rings. The molecule has 0 saturated carbocycles. The Kier molecular flexibility index (Phi) is 7.18. The van der Waals surface area contributed by atoms with E-state index in [4.69, 9.17) is 4.74 Å². The number of nitrogens with zero attached hydrogens (tertiary/aromatic N) is 2. The second kappa shape index (κ2) is 10.3. The quantitative estimate of drug-likeness (QED) is 0.493. The second-order valence-corrected chi connectivity index (χ2v) is 6.75. The molecule has 1 aliphatic heterocycles. The summed E-state index contributed by atoms with van der Waals surface area (Å²) >= 11 is 0. The molecule has 0 atom stereocenters. The Hall–Kier alpha value is -3.15. The summed E-state index contributed by atoms with van der Waals surface area (Å²) < 4.78 is 5.78. The number of carbonyl (C=O) groups excluding carboxylic acids is 2. The number of benzene rings is 2. The number of hydrogen-bond donors (Lipinski definition) is 1. The predicted octanol–water partition coefficient (Wildman–Crippen LogP) is 3.12. The zero-order chi connectivity index (χ0) is 19.6. The van der Waals surface area contributed by atoms with E-state index in [-0.39, 0.29) is 0 Å². The smallest absolute Gasteiger partial charge is 0.329 e. The number of rotatable bonds is 5. The van der Waals surface area contributed by atoms with Gasteiger partial charge in [0.25, 0.3) is 0 Å². The molecule has 0 bridgehead atoms. The number of ether oxygens (including phenoxy) is 1. The maximum absolute atomic E-state index is 12.2. The van der Waals surface area contributed by atoms with E-state index in [2.05, 4.69) is 10.5 Å². The van der Waals surface area contributed by atoms with Crippen molar-refractivity contribution < 1.29 is 14.3 Å². The van der Waals surface area contributed by atoms with Crippen LogP contribution in [0.15, 0.2) is 59.7 Å². The molecular formula is C22H25N3O3. The lowest BCUT2D eigenvalue weighted by molar-refractivity contribution is -0.145. The lowest BCUT2D eigenvalue weighted by Crippen LogP contribution is -2.41. The van der Waals surface area contributed by atoms with Gasteiger partial charge < -0.3 is 9.64 Å². The molecular weight excluding hydrogens is 354 g/mol. The SMILES string of the molecule is O=C(NN=Cc1cccc(OCc2ccccc2)c1)C(=O)N1CCCCCC1. The number of hydrogen-bond acceptors (Lipinski definition) is 4. The van der Waals surface area contributed by atoms with Crippen LogP contribution in [0.3, 0.4) is 0 Å². The summed E-state index contributed by atoms with van der Waals surface area (Å²) in [5.41, 5.74) is 4.18. The van der Waals surface area contributed by atoms with Crippen molar-refractivity contribution in [1.29, 1.82) is 0 Å². The van der Waals surface area contributed by atoms with Crippen LogP contribution in [0.2, 0.25) is 0 Å². The van der Waals surface area contributed by atoms with Gasteiger partial charge in [-0.25, -0.2) is 5.43 Å². The van der Waals surface area contributed by atoms with Crippen molar-refractivity contribution in [2.45, 2.75) is 32.3 Å². The average Bonchev–Trinajstić information content (AvgIpc) is 3.02. The minimum Gasteiger partial charge on any atom is -0.489 e. The van der Waals surface area contributed by atoms with E-state index in [1.165, 1.54) is 6.21 Å². The highest BCUT2D eigenvalue weighted by Gasteiger charge is 2.22. The molecule has 0 unspecified atom stereocenters. The van der Waals surface area contributed by atoms with Gasteiger partial charge in [0.15, 0.2) is 0 Å². The highest BCUT2D eigenvalue weighted by atomic mass is 16.5. The summed E-state index contributed by atoms with van der Waals surface area (Å²) in [7, 11) is 0. The Morgan fingerprint density at radius 3 is 2.50 bits per heavy atom. The van der Waals surface area contributed by atoms with E-state index in [1.807, 2.05) is 54.6 Å². The fraction of sp³-hybridized carbons (Fsp3) is 0.318. The van der Waals surface area contributed by atoms with Crippen LogP contribution in [0.25, 0.3) is 0 Å². The molecule has 1 saturated heterocycles. The van der Waals surface area contributed by atoms with Crippen molar-refractivity contribution in [2.24, 2.45) is 5.10 Å². The molecule has 1 heterocycles. The summed E-state index contributed by atoms with van der Waals surface area (Å²) in [4.78, 5) is 25.8. The van der Waals surface area contributed by atoms with Crippen LogP contribution in [-0.2, 0) is 16.2 Å². The lowest BCUT2D eigenvalue weighted by atomic mass is 10.2. The molecule has 146 valence electrons. The second-order valence-electron chi connectivity index (χ2n) is 6.75. The number of hydrazone groups is 1. The van der Waals surface area contributed by atoms with Gasteiger partial charge in [-0.2, -0.15) is 5.10 Å². The third-order valence-electron chi connectivity index (χ3n) is 4.57. The van der Waals surface area contributed by atoms with Crippen molar-refractivity contribution in [3.63, 3.8) is 0 Å². The van der Waals surface area contributed by atoms with Crippen molar-refractivity contribution in [3.8, 4) is 5.75 Å². The third kappa shape index (κ3) is 5.94. The average molecular weight is 379 g/mol. The largest absolute Gasteiger partial charge is 0.489 e. The molecule has 6 heteroatoms. The van der Waals surface area contributed by atoms with Crippen molar-refractivity contribution in [3.05, 3.63) is 65.7 Å². The number of likely N-dealkylation sites (tertiary alicyclic amines) is 1. The molecule has 3 rings (SSSR count). The van der Waals surface area contributed by atoms with Gasteiger partial charge in [-0.05, 0) is 36.1 Å². The summed E-state index contributed by atoms with van der Waals surface area (Å²) in [5.74, 6) is -0.506. The number of carbonyl (C=O) groups is 2. The van der Waals surface area contributed by atoms with Crippen LogP contribution in [0.4, 0.5) is 0 Å². The van der Waals surface area contributed by atoms with Gasteiger partial charge in [-0.15, -0.1) is 0 Å². The van der Waals surface area contributed by atoms with Crippen LogP contribution < -0.4 is 10.2 Å². The van der Waals surface area contributed by atoms with E-state index in [0.717, 1.165) is 36.8 Å². The summed E-state index contributed by atoms with van der Waals surface area (Å²) in [6.45, 7) is 1.75. The zero-order valence-electron chi connectivity index (χ0n) is 15.8. The monoisotopic (exact) mass is 379 g/mol. The van der Waals surface area contributed by atoms with Gasteiger partial charge in [0, 0.05) is 13.1 Å². The standard InChI is InChI=1S/C22H25N3O3/c26-21(22(27)25-13-6-1-2-7-14-25)24-23-16-19-11-8-12-20(15-19)28-17-18-9-4-3-5-10-18/h3-5,8-12,15-16H,1-2,6-7,13-14,17H2,(H,24,26). The normalized spacial score (nSPS) is 14.5. The molecule has 6 nitrogen and oxygen atoms in total. The van der Waals surface area contributed by atoms with E-state index >= 15 is 0 Å². The molecule has 1 N–H and O–H groups in total.